The smallest absolute Gasteiger partial charge is 0.0348 e. The van der Waals surface area contributed by atoms with E-state index in [-0.39, 0.29) is 0 Å². The van der Waals surface area contributed by atoms with E-state index in [1.165, 1.54) is 103 Å². The molecule has 0 radical (unpaired) electrons. The van der Waals surface area contributed by atoms with E-state index in [1.807, 2.05) is 0 Å². The summed E-state index contributed by atoms with van der Waals surface area (Å²) in [5.74, 6) is 0. The summed E-state index contributed by atoms with van der Waals surface area (Å²) in [7, 11) is 0. The van der Waals surface area contributed by atoms with E-state index in [0.29, 0.717) is 0 Å². The van der Waals surface area contributed by atoms with Gasteiger partial charge in [-0.05, 0) is 51.4 Å². The van der Waals surface area contributed by atoms with Gasteiger partial charge in [-0.1, -0.05) is 100.0 Å². The zero-order chi connectivity index (χ0) is 17.0. The second-order valence-electron chi connectivity index (χ2n) is 7.11. The van der Waals surface area contributed by atoms with Crippen LogP contribution in [0.2, 0.25) is 0 Å². The SMILES string of the molecule is C1=CCCCCCCCCC=C1.C1=CCCCCCCCCC=C1. The second kappa shape index (κ2) is 18.3. The average Bonchev–Trinajstić information content (AvgIpc) is 2.56. The van der Waals surface area contributed by atoms with Crippen molar-refractivity contribution in [3.63, 3.8) is 0 Å². The first-order valence-electron chi connectivity index (χ1n) is 10.6. The maximum atomic E-state index is 2.29. The molecule has 2 aliphatic rings. The zero-order valence-corrected chi connectivity index (χ0v) is 15.9. The Morgan fingerprint density at radius 1 is 0.250 bits per heavy atom. The monoisotopic (exact) mass is 328 g/mol. The fourth-order valence-electron chi connectivity index (χ4n) is 3.16. The highest BCUT2D eigenvalue weighted by molar-refractivity contribution is 5.02. The van der Waals surface area contributed by atoms with E-state index < -0.39 is 0 Å². The highest BCUT2D eigenvalue weighted by atomic mass is 14.0. The molecule has 0 heteroatoms. The lowest BCUT2D eigenvalue weighted by molar-refractivity contribution is 0.599. The number of hydrogen-bond acceptors (Lipinski definition) is 0. The third-order valence-electron chi connectivity index (χ3n) is 4.75. The Morgan fingerprint density at radius 3 is 0.708 bits per heavy atom. The Morgan fingerprint density at radius 2 is 0.458 bits per heavy atom. The maximum absolute atomic E-state index is 2.29. The van der Waals surface area contributed by atoms with Crippen molar-refractivity contribution in [1.29, 1.82) is 0 Å². The standard InChI is InChI=1S/2C12H20/c2*1-2-4-6-8-10-12-11-9-7-5-3-1/h2*1-4H,5-12H2. The zero-order valence-electron chi connectivity index (χ0n) is 15.9. The van der Waals surface area contributed by atoms with Gasteiger partial charge in [0.1, 0.15) is 0 Å². The fraction of sp³-hybridized carbons (Fsp3) is 0.667. The highest BCUT2D eigenvalue weighted by Crippen LogP contribution is 2.11. The normalized spacial score (nSPS) is 21.3. The molecular formula is C24H40. The Bertz CT molecular complexity index is 284. The van der Waals surface area contributed by atoms with Crippen molar-refractivity contribution in [2.75, 3.05) is 0 Å². The van der Waals surface area contributed by atoms with Gasteiger partial charge < -0.3 is 0 Å². The molecule has 0 unspecified atom stereocenters. The predicted octanol–water partition coefficient (Wildman–Crippen LogP) is 8.47. The van der Waals surface area contributed by atoms with Crippen LogP contribution >= 0.6 is 0 Å². The van der Waals surface area contributed by atoms with Crippen LogP contribution in [0.4, 0.5) is 0 Å². The van der Waals surface area contributed by atoms with E-state index >= 15 is 0 Å². The molecule has 0 aliphatic heterocycles. The first kappa shape index (κ1) is 21.0. The van der Waals surface area contributed by atoms with Crippen LogP contribution in [0.25, 0.3) is 0 Å². The molecule has 0 heterocycles. The van der Waals surface area contributed by atoms with Crippen molar-refractivity contribution < 1.29 is 0 Å². The molecule has 0 aromatic carbocycles. The maximum Gasteiger partial charge on any atom is -0.0348 e. The summed E-state index contributed by atoms with van der Waals surface area (Å²) in [5.41, 5.74) is 0. The molecule has 0 spiro atoms. The lowest BCUT2D eigenvalue weighted by atomic mass is 10.1. The van der Waals surface area contributed by atoms with E-state index in [1.54, 1.807) is 0 Å². The lowest BCUT2D eigenvalue weighted by Crippen LogP contribution is -1.80. The molecule has 0 saturated carbocycles. The molecular weight excluding hydrogens is 288 g/mol. The second-order valence-corrected chi connectivity index (χ2v) is 7.11. The lowest BCUT2D eigenvalue weighted by Gasteiger charge is -1.99. The minimum Gasteiger partial charge on any atom is -0.0845 e. The Hall–Kier alpha value is -1.04. The summed E-state index contributed by atoms with van der Waals surface area (Å²) in [6, 6.07) is 0. The van der Waals surface area contributed by atoms with E-state index in [0.717, 1.165) is 0 Å². The minimum atomic E-state index is 1.27. The van der Waals surface area contributed by atoms with Crippen LogP contribution in [0.1, 0.15) is 103 Å². The van der Waals surface area contributed by atoms with E-state index in [9.17, 15) is 0 Å². The molecule has 0 fully saturated rings. The summed E-state index contributed by atoms with van der Waals surface area (Å²) < 4.78 is 0. The van der Waals surface area contributed by atoms with Crippen LogP contribution in [0.5, 0.6) is 0 Å². The van der Waals surface area contributed by atoms with Gasteiger partial charge >= 0.3 is 0 Å². The van der Waals surface area contributed by atoms with Crippen LogP contribution in [0.15, 0.2) is 48.6 Å². The van der Waals surface area contributed by atoms with Crippen LogP contribution in [-0.2, 0) is 0 Å². The van der Waals surface area contributed by atoms with Crippen molar-refractivity contribution in [3.05, 3.63) is 48.6 Å². The van der Waals surface area contributed by atoms with Crippen LogP contribution in [0, 0.1) is 0 Å². The fourth-order valence-corrected chi connectivity index (χ4v) is 3.16. The van der Waals surface area contributed by atoms with Gasteiger partial charge in [0.15, 0.2) is 0 Å². The molecule has 0 atom stereocenters. The van der Waals surface area contributed by atoms with Gasteiger partial charge in [0, 0.05) is 0 Å². The third kappa shape index (κ3) is 15.8. The molecule has 0 bridgehead atoms. The first-order valence-corrected chi connectivity index (χ1v) is 10.6. The quantitative estimate of drug-likeness (QED) is 0.418. The van der Waals surface area contributed by atoms with Gasteiger partial charge in [0.2, 0.25) is 0 Å². The minimum absolute atomic E-state index is 1.27. The largest absolute Gasteiger partial charge is 0.0845 e. The predicted molar refractivity (Wildman–Crippen MR) is 110 cm³/mol. The van der Waals surface area contributed by atoms with Crippen molar-refractivity contribution in [3.8, 4) is 0 Å². The molecule has 2 rings (SSSR count). The molecule has 24 heavy (non-hydrogen) atoms. The van der Waals surface area contributed by atoms with Crippen molar-refractivity contribution in [2.45, 2.75) is 103 Å². The Kier molecular flexibility index (Phi) is 16.0. The molecule has 0 aromatic heterocycles. The van der Waals surface area contributed by atoms with Crippen LogP contribution in [0.3, 0.4) is 0 Å². The third-order valence-corrected chi connectivity index (χ3v) is 4.75. The number of allylic oxidation sites excluding steroid dienone is 8. The summed E-state index contributed by atoms with van der Waals surface area (Å²) in [5, 5.41) is 0. The highest BCUT2D eigenvalue weighted by Gasteiger charge is 1.91. The summed E-state index contributed by atoms with van der Waals surface area (Å²) in [6.07, 6.45) is 40.0. The summed E-state index contributed by atoms with van der Waals surface area (Å²) in [6.45, 7) is 0. The summed E-state index contributed by atoms with van der Waals surface area (Å²) >= 11 is 0. The van der Waals surface area contributed by atoms with Gasteiger partial charge in [-0.3, -0.25) is 0 Å². The van der Waals surface area contributed by atoms with E-state index in [4.69, 9.17) is 0 Å². The molecule has 0 saturated heterocycles. The molecule has 0 N–H and O–H groups in total. The topological polar surface area (TPSA) is 0 Å². The molecule has 136 valence electrons. The molecule has 0 nitrogen and oxygen atoms in total. The van der Waals surface area contributed by atoms with Gasteiger partial charge in [0.25, 0.3) is 0 Å². The number of hydrogen-bond donors (Lipinski definition) is 0. The molecule has 0 aromatic rings. The Labute approximate surface area is 151 Å². The van der Waals surface area contributed by atoms with Crippen molar-refractivity contribution in [2.24, 2.45) is 0 Å². The number of rotatable bonds is 0. The van der Waals surface area contributed by atoms with Crippen molar-refractivity contribution in [1.82, 2.24) is 0 Å². The van der Waals surface area contributed by atoms with Crippen LogP contribution < -0.4 is 0 Å². The average molecular weight is 329 g/mol. The van der Waals surface area contributed by atoms with Crippen LogP contribution in [-0.4, -0.2) is 0 Å². The molecule has 2 aliphatic carbocycles. The van der Waals surface area contributed by atoms with Crippen molar-refractivity contribution >= 4 is 0 Å². The summed E-state index contributed by atoms with van der Waals surface area (Å²) in [4.78, 5) is 0. The van der Waals surface area contributed by atoms with Gasteiger partial charge in [0.05, 0.1) is 0 Å². The van der Waals surface area contributed by atoms with Gasteiger partial charge in [-0.15, -0.1) is 0 Å². The van der Waals surface area contributed by atoms with E-state index in [2.05, 4.69) is 48.6 Å². The van der Waals surface area contributed by atoms with Gasteiger partial charge in [-0.25, -0.2) is 0 Å². The van der Waals surface area contributed by atoms with Gasteiger partial charge in [-0.2, -0.15) is 0 Å². The first-order chi connectivity index (χ1) is 12.0. The Balaban J connectivity index is 0.000000240. The molecule has 0 amide bonds.